The van der Waals surface area contributed by atoms with Gasteiger partial charge in [0.25, 0.3) is 11.2 Å². The highest BCUT2D eigenvalue weighted by atomic mass is 19.4. The topological polar surface area (TPSA) is 55.8 Å². The van der Waals surface area contributed by atoms with Crippen LogP contribution in [0.2, 0.25) is 0 Å². The molecule has 8 rings (SSSR count). The van der Waals surface area contributed by atoms with Gasteiger partial charge in [-0.2, -0.15) is 52.7 Å². The predicted octanol–water partition coefficient (Wildman–Crippen LogP) is 12.7. The Kier molecular flexibility index (Phi) is 13.0. The van der Waals surface area contributed by atoms with E-state index in [9.17, 15) is 62.6 Å². The van der Waals surface area contributed by atoms with Crippen molar-refractivity contribution in [3.8, 4) is 0 Å². The van der Waals surface area contributed by atoms with Crippen molar-refractivity contribution in [2.45, 2.75) is 172 Å². The molecule has 16 heteroatoms. The fraction of sp³-hybridized carbons (Fsp3) is 0.977. The third-order valence-corrected chi connectivity index (χ3v) is 16.8. The van der Waals surface area contributed by atoms with Gasteiger partial charge in [0.2, 0.25) is 0 Å². The van der Waals surface area contributed by atoms with Crippen molar-refractivity contribution in [1.82, 2.24) is 0 Å². The van der Waals surface area contributed by atoms with Gasteiger partial charge in [-0.05, 0) is 186 Å². The molecule has 8 aliphatic rings. The van der Waals surface area contributed by atoms with Gasteiger partial charge in [-0.3, -0.25) is 0 Å². The van der Waals surface area contributed by atoms with Crippen LogP contribution in [-0.2, 0) is 14.3 Å². The summed E-state index contributed by atoms with van der Waals surface area (Å²) in [6, 6.07) is 0. The number of hydrogen-bond acceptors (Lipinski definition) is 4. The molecule has 0 spiro atoms. The molecule has 8 atom stereocenters. The van der Waals surface area contributed by atoms with E-state index in [-0.39, 0.29) is 48.3 Å². The first kappa shape index (κ1) is 47.0. The minimum Gasteiger partial charge on any atom is -0.457 e. The molecule has 0 aliphatic heterocycles. The molecule has 8 saturated carbocycles. The maximum absolute atomic E-state index is 14.2. The Morgan fingerprint density at radius 2 is 0.966 bits per heavy atom. The van der Waals surface area contributed by atoms with E-state index < -0.39 is 66.9 Å². The Morgan fingerprint density at radius 1 is 0.576 bits per heavy atom. The first-order valence-electron chi connectivity index (χ1n) is 21.8. The van der Waals surface area contributed by atoms with Gasteiger partial charge in [-0.25, -0.2) is 4.79 Å². The molecule has 8 unspecified atom stereocenters. The van der Waals surface area contributed by atoms with E-state index in [1.54, 1.807) is 6.92 Å². The molecular weight excluding hydrogens is 808 g/mol. The van der Waals surface area contributed by atoms with Gasteiger partial charge in [0, 0.05) is 0 Å². The standard InChI is InChI=1S/C28H40F6O3.C15H22F6O/c1-15(2)22-12-18-7-19(23(22)13-18)4-5-26(27(29,30)31,28(32,33)34)36-14-24(35)37-25(3)20-8-16-6-17(10-20)11-21(25)9-16;1-8(2)11-6-9-5-10(12(11)7-9)3-4-13(22,14(16,17)18)15(19,20)21/h15-23H,4-14H2,1-3H3;8-12,22H,3-7H2,1-2H3. The van der Waals surface area contributed by atoms with Gasteiger partial charge in [-0.1, -0.05) is 27.7 Å². The maximum Gasteiger partial charge on any atom is 0.426 e. The Balaban J connectivity index is 0.000000227. The van der Waals surface area contributed by atoms with Crippen LogP contribution in [0.3, 0.4) is 0 Å². The lowest BCUT2D eigenvalue weighted by Gasteiger charge is -2.59. The fourth-order valence-corrected chi connectivity index (χ4v) is 14.0. The zero-order valence-corrected chi connectivity index (χ0v) is 34.6. The minimum atomic E-state index is -5.70. The molecule has 8 fully saturated rings. The molecule has 59 heavy (non-hydrogen) atoms. The lowest BCUT2D eigenvalue weighted by Crippen LogP contribution is -2.60. The molecule has 0 aromatic rings. The van der Waals surface area contributed by atoms with Gasteiger partial charge in [0.1, 0.15) is 12.2 Å². The summed E-state index contributed by atoms with van der Waals surface area (Å²) in [7, 11) is 0. The molecule has 0 saturated heterocycles. The normalized spacial score (nSPS) is 38.1. The molecule has 8 bridgehead atoms. The summed E-state index contributed by atoms with van der Waals surface area (Å²) < 4.78 is 171. The Morgan fingerprint density at radius 3 is 1.32 bits per heavy atom. The quantitative estimate of drug-likeness (QED) is 0.157. The van der Waals surface area contributed by atoms with Gasteiger partial charge in [-0.15, -0.1) is 0 Å². The van der Waals surface area contributed by atoms with E-state index in [0.717, 1.165) is 51.4 Å². The van der Waals surface area contributed by atoms with Crippen LogP contribution in [0.25, 0.3) is 0 Å². The number of ether oxygens (including phenoxy) is 2. The second-order valence-electron chi connectivity index (χ2n) is 20.8. The van der Waals surface area contributed by atoms with Crippen molar-refractivity contribution in [1.29, 1.82) is 0 Å². The number of rotatable bonds is 12. The zero-order chi connectivity index (χ0) is 43.9. The van der Waals surface area contributed by atoms with Crippen molar-refractivity contribution in [2.75, 3.05) is 6.61 Å². The molecule has 1 N–H and O–H groups in total. The predicted molar refractivity (Wildman–Crippen MR) is 193 cm³/mol. The lowest BCUT2D eigenvalue weighted by molar-refractivity contribution is -0.382. The van der Waals surface area contributed by atoms with E-state index in [1.807, 2.05) is 13.8 Å². The average Bonchev–Trinajstić information content (AvgIpc) is 3.89. The molecule has 0 aromatic heterocycles. The van der Waals surface area contributed by atoms with Gasteiger partial charge >= 0.3 is 30.7 Å². The van der Waals surface area contributed by atoms with E-state index in [2.05, 4.69) is 18.6 Å². The highest BCUT2D eigenvalue weighted by molar-refractivity contribution is 5.71. The maximum atomic E-state index is 14.2. The summed E-state index contributed by atoms with van der Waals surface area (Å²) in [5.74, 6) is 2.55. The summed E-state index contributed by atoms with van der Waals surface area (Å²) in [5, 5.41) is 9.24. The summed E-state index contributed by atoms with van der Waals surface area (Å²) in [6.45, 7) is 8.67. The lowest BCUT2D eigenvalue weighted by atomic mass is 9.50. The third kappa shape index (κ3) is 8.89. The Bertz CT molecular complexity index is 1410. The van der Waals surface area contributed by atoms with E-state index in [1.165, 1.54) is 6.42 Å². The Labute approximate surface area is 339 Å². The molecule has 4 nitrogen and oxygen atoms in total. The Hall–Kier alpha value is -1.45. The largest absolute Gasteiger partial charge is 0.457 e. The summed E-state index contributed by atoms with van der Waals surface area (Å²) in [6.07, 6.45) is -15.8. The first-order chi connectivity index (χ1) is 27.0. The number of carbonyl (C=O) groups excluding carboxylic acids is 1. The van der Waals surface area contributed by atoms with Gasteiger partial charge in [0.15, 0.2) is 0 Å². The van der Waals surface area contributed by atoms with Crippen LogP contribution in [0, 0.1) is 82.9 Å². The van der Waals surface area contributed by atoms with Crippen LogP contribution < -0.4 is 0 Å². The second-order valence-corrected chi connectivity index (χ2v) is 20.8. The fourth-order valence-electron chi connectivity index (χ4n) is 14.0. The molecule has 0 aromatic carbocycles. The number of aliphatic hydroxyl groups is 1. The average molecular weight is 871 g/mol. The number of esters is 1. The molecule has 0 heterocycles. The van der Waals surface area contributed by atoms with Crippen LogP contribution in [0.5, 0.6) is 0 Å². The third-order valence-electron chi connectivity index (χ3n) is 16.8. The number of halogens is 12. The number of fused-ring (bicyclic) bond motifs is 4. The zero-order valence-electron chi connectivity index (χ0n) is 34.6. The van der Waals surface area contributed by atoms with Gasteiger partial charge in [0.05, 0.1) is 0 Å². The molecule has 0 amide bonds. The SMILES string of the molecule is CC(C)C1CC2CC(CCC(O)(C(F)(F)F)C(F)(F)F)C1C2.CC(C)C1CC2CC(CCC(OCC(=O)OC3(C)C4CC5CC(C4)CC3C5)(C(F)(F)F)C(F)(F)F)C1C2. The minimum absolute atomic E-state index is 0.106. The van der Waals surface area contributed by atoms with Crippen molar-refractivity contribution >= 4 is 5.97 Å². The van der Waals surface area contributed by atoms with Crippen molar-refractivity contribution < 1.29 is 72.1 Å². The van der Waals surface area contributed by atoms with Crippen molar-refractivity contribution in [2.24, 2.45) is 82.9 Å². The molecule has 8 aliphatic carbocycles. The highest BCUT2D eigenvalue weighted by Gasteiger charge is 2.73. The molecular formula is C43H62F12O4. The van der Waals surface area contributed by atoms with Crippen molar-refractivity contribution in [3.05, 3.63) is 0 Å². The van der Waals surface area contributed by atoms with E-state index >= 15 is 0 Å². The first-order valence-corrected chi connectivity index (χ1v) is 21.8. The summed E-state index contributed by atoms with van der Waals surface area (Å²) >= 11 is 0. The smallest absolute Gasteiger partial charge is 0.426 e. The molecule has 342 valence electrons. The van der Waals surface area contributed by atoms with E-state index in [4.69, 9.17) is 4.74 Å². The van der Waals surface area contributed by atoms with Crippen LogP contribution in [-0.4, -0.2) is 59.2 Å². The summed E-state index contributed by atoms with van der Waals surface area (Å²) in [5.41, 5.74) is -9.81. The monoisotopic (exact) mass is 870 g/mol. The van der Waals surface area contributed by atoms with Crippen LogP contribution in [0.1, 0.15) is 131 Å². The number of hydrogen-bond donors (Lipinski definition) is 1. The number of carbonyl (C=O) groups is 1. The second kappa shape index (κ2) is 16.3. The highest BCUT2D eigenvalue weighted by Crippen LogP contribution is 2.61. The van der Waals surface area contributed by atoms with Gasteiger partial charge < -0.3 is 14.6 Å². The van der Waals surface area contributed by atoms with Crippen molar-refractivity contribution in [3.63, 3.8) is 0 Å². The summed E-state index contributed by atoms with van der Waals surface area (Å²) in [4.78, 5) is 12.7. The molecule has 0 radical (unpaired) electrons. The van der Waals surface area contributed by atoms with Crippen LogP contribution in [0.15, 0.2) is 0 Å². The van der Waals surface area contributed by atoms with E-state index in [0.29, 0.717) is 60.2 Å². The van der Waals surface area contributed by atoms with Crippen LogP contribution >= 0.6 is 0 Å². The van der Waals surface area contributed by atoms with Crippen LogP contribution in [0.4, 0.5) is 52.7 Å². The number of alkyl halides is 12.